The maximum atomic E-state index is 6.61. The zero-order chi connectivity index (χ0) is 13.2. The first-order valence-corrected chi connectivity index (χ1v) is 7.44. The standard InChI is InChI=1S/C16H24ClN/c1-3-13-5-4-8-16(18,10-13)11-14-7-6-12(2)9-15(14)17/h6-7,9,13H,3-5,8,10-11,18H2,1-2H3. The molecular formula is C16H24ClN. The fraction of sp³-hybridized carbons (Fsp3) is 0.625. The van der Waals surface area contributed by atoms with E-state index in [4.69, 9.17) is 17.3 Å². The zero-order valence-electron chi connectivity index (χ0n) is 11.5. The summed E-state index contributed by atoms with van der Waals surface area (Å²) in [6, 6.07) is 6.31. The van der Waals surface area contributed by atoms with Crippen LogP contribution in [0.2, 0.25) is 5.02 Å². The molecule has 0 bridgehead atoms. The summed E-state index contributed by atoms with van der Waals surface area (Å²) in [5.41, 5.74) is 8.98. The minimum absolute atomic E-state index is 0.0438. The van der Waals surface area contributed by atoms with Crippen LogP contribution in [0.25, 0.3) is 0 Å². The number of hydrogen-bond acceptors (Lipinski definition) is 1. The van der Waals surface area contributed by atoms with Crippen molar-refractivity contribution in [2.75, 3.05) is 0 Å². The highest BCUT2D eigenvalue weighted by molar-refractivity contribution is 6.31. The van der Waals surface area contributed by atoms with Gasteiger partial charge in [-0.15, -0.1) is 0 Å². The molecule has 0 aromatic heterocycles. The van der Waals surface area contributed by atoms with Gasteiger partial charge >= 0.3 is 0 Å². The first-order chi connectivity index (χ1) is 8.52. The highest BCUT2D eigenvalue weighted by atomic mass is 35.5. The van der Waals surface area contributed by atoms with Crippen molar-refractivity contribution in [3.05, 3.63) is 34.3 Å². The minimum atomic E-state index is -0.0438. The van der Waals surface area contributed by atoms with Gasteiger partial charge < -0.3 is 5.73 Å². The molecule has 0 saturated heterocycles. The molecule has 1 nitrogen and oxygen atoms in total. The number of benzene rings is 1. The fourth-order valence-corrected chi connectivity index (χ4v) is 3.51. The van der Waals surface area contributed by atoms with Gasteiger partial charge in [0.05, 0.1) is 0 Å². The quantitative estimate of drug-likeness (QED) is 0.856. The lowest BCUT2D eigenvalue weighted by molar-refractivity contribution is 0.218. The molecule has 0 aliphatic heterocycles. The monoisotopic (exact) mass is 265 g/mol. The van der Waals surface area contributed by atoms with Crippen LogP contribution in [0.4, 0.5) is 0 Å². The summed E-state index contributed by atoms with van der Waals surface area (Å²) in [5, 5.41) is 0.874. The van der Waals surface area contributed by atoms with Crippen molar-refractivity contribution in [3.63, 3.8) is 0 Å². The Morgan fingerprint density at radius 3 is 2.89 bits per heavy atom. The average molecular weight is 266 g/mol. The predicted molar refractivity (Wildman–Crippen MR) is 79.1 cm³/mol. The molecule has 0 amide bonds. The van der Waals surface area contributed by atoms with E-state index in [1.807, 2.05) is 6.07 Å². The van der Waals surface area contributed by atoms with Gasteiger partial charge in [-0.05, 0) is 49.3 Å². The second-order valence-electron chi connectivity index (χ2n) is 6.00. The number of rotatable bonds is 3. The van der Waals surface area contributed by atoms with Crippen LogP contribution < -0.4 is 5.73 Å². The lowest BCUT2D eigenvalue weighted by Gasteiger charge is -2.38. The molecule has 1 fully saturated rings. The van der Waals surface area contributed by atoms with E-state index in [1.54, 1.807) is 0 Å². The summed E-state index contributed by atoms with van der Waals surface area (Å²) in [7, 11) is 0. The third-order valence-electron chi connectivity index (χ3n) is 4.31. The molecule has 0 radical (unpaired) electrons. The van der Waals surface area contributed by atoms with Gasteiger partial charge in [-0.2, -0.15) is 0 Å². The van der Waals surface area contributed by atoms with E-state index >= 15 is 0 Å². The smallest absolute Gasteiger partial charge is 0.0441 e. The van der Waals surface area contributed by atoms with E-state index < -0.39 is 0 Å². The Bertz CT molecular complexity index is 416. The summed E-state index contributed by atoms with van der Waals surface area (Å²) in [6.45, 7) is 4.34. The normalized spacial score (nSPS) is 28.3. The molecule has 1 aromatic rings. The SMILES string of the molecule is CCC1CCCC(N)(Cc2ccc(C)cc2Cl)C1. The lowest BCUT2D eigenvalue weighted by Crippen LogP contribution is -2.46. The van der Waals surface area contributed by atoms with Crippen molar-refractivity contribution >= 4 is 11.6 Å². The Morgan fingerprint density at radius 2 is 2.22 bits per heavy atom. The van der Waals surface area contributed by atoms with Crippen molar-refractivity contribution in [2.24, 2.45) is 11.7 Å². The molecule has 2 atom stereocenters. The molecule has 1 aliphatic rings. The summed E-state index contributed by atoms with van der Waals surface area (Å²) in [5.74, 6) is 0.799. The van der Waals surface area contributed by atoms with E-state index in [-0.39, 0.29) is 5.54 Å². The Labute approximate surface area is 116 Å². The van der Waals surface area contributed by atoms with Gasteiger partial charge in [0.1, 0.15) is 0 Å². The molecule has 18 heavy (non-hydrogen) atoms. The van der Waals surface area contributed by atoms with Gasteiger partial charge in [0.2, 0.25) is 0 Å². The first kappa shape index (κ1) is 13.9. The molecule has 0 heterocycles. The van der Waals surface area contributed by atoms with Crippen LogP contribution in [-0.4, -0.2) is 5.54 Å². The maximum absolute atomic E-state index is 6.61. The number of aryl methyl sites for hydroxylation is 1. The fourth-order valence-electron chi connectivity index (χ4n) is 3.21. The Hall–Kier alpha value is -0.530. The van der Waals surface area contributed by atoms with E-state index in [1.165, 1.54) is 30.4 Å². The molecule has 1 aromatic carbocycles. The van der Waals surface area contributed by atoms with Gasteiger partial charge in [0, 0.05) is 10.6 Å². The number of hydrogen-bond donors (Lipinski definition) is 1. The second kappa shape index (κ2) is 5.63. The third-order valence-corrected chi connectivity index (χ3v) is 4.66. The average Bonchev–Trinajstić information content (AvgIpc) is 2.33. The van der Waals surface area contributed by atoms with E-state index in [0.29, 0.717) is 0 Å². The third kappa shape index (κ3) is 3.27. The molecule has 0 spiro atoms. The van der Waals surface area contributed by atoms with Gasteiger partial charge in [0.25, 0.3) is 0 Å². The summed E-state index contributed by atoms with van der Waals surface area (Å²) in [6.07, 6.45) is 7.06. The topological polar surface area (TPSA) is 26.0 Å². The second-order valence-corrected chi connectivity index (χ2v) is 6.41. The molecule has 1 saturated carbocycles. The van der Waals surface area contributed by atoms with Crippen molar-refractivity contribution in [1.29, 1.82) is 0 Å². The lowest BCUT2D eigenvalue weighted by atomic mass is 9.72. The van der Waals surface area contributed by atoms with Crippen molar-refractivity contribution in [1.82, 2.24) is 0 Å². The molecule has 2 heteroatoms. The van der Waals surface area contributed by atoms with Crippen LogP contribution in [0.5, 0.6) is 0 Å². The van der Waals surface area contributed by atoms with E-state index in [0.717, 1.165) is 30.2 Å². The van der Waals surface area contributed by atoms with E-state index in [2.05, 4.69) is 26.0 Å². The van der Waals surface area contributed by atoms with Crippen molar-refractivity contribution in [2.45, 2.75) is 57.9 Å². The van der Waals surface area contributed by atoms with Crippen LogP contribution in [-0.2, 0) is 6.42 Å². The summed E-state index contributed by atoms with van der Waals surface area (Å²) >= 11 is 6.33. The van der Waals surface area contributed by atoms with Crippen LogP contribution >= 0.6 is 11.6 Å². The highest BCUT2D eigenvalue weighted by Crippen LogP contribution is 2.35. The molecule has 2 unspecified atom stereocenters. The number of halogens is 1. The van der Waals surface area contributed by atoms with Crippen LogP contribution in [0, 0.1) is 12.8 Å². The Morgan fingerprint density at radius 1 is 1.44 bits per heavy atom. The Balaban J connectivity index is 2.11. The molecule has 2 rings (SSSR count). The molecule has 100 valence electrons. The van der Waals surface area contributed by atoms with Gasteiger partial charge in [0.15, 0.2) is 0 Å². The van der Waals surface area contributed by atoms with Crippen LogP contribution in [0.3, 0.4) is 0 Å². The molecule has 1 aliphatic carbocycles. The highest BCUT2D eigenvalue weighted by Gasteiger charge is 2.32. The zero-order valence-corrected chi connectivity index (χ0v) is 12.3. The van der Waals surface area contributed by atoms with Crippen molar-refractivity contribution < 1.29 is 0 Å². The minimum Gasteiger partial charge on any atom is -0.325 e. The predicted octanol–water partition coefficient (Wildman–Crippen LogP) is 4.49. The summed E-state index contributed by atoms with van der Waals surface area (Å²) in [4.78, 5) is 0. The van der Waals surface area contributed by atoms with Gasteiger partial charge in [-0.3, -0.25) is 0 Å². The summed E-state index contributed by atoms with van der Waals surface area (Å²) < 4.78 is 0. The van der Waals surface area contributed by atoms with E-state index in [9.17, 15) is 0 Å². The first-order valence-electron chi connectivity index (χ1n) is 7.06. The van der Waals surface area contributed by atoms with Crippen LogP contribution in [0.15, 0.2) is 18.2 Å². The van der Waals surface area contributed by atoms with Crippen molar-refractivity contribution in [3.8, 4) is 0 Å². The largest absolute Gasteiger partial charge is 0.325 e. The molecular weight excluding hydrogens is 242 g/mol. The number of nitrogens with two attached hydrogens (primary N) is 1. The molecule has 2 N–H and O–H groups in total. The van der Waals surface area contributed by atoms with Gasteiger partial charge in [-0.25, -0.2) is 0 Å². The Kier molecular flexibility index (Phi) is 4.34. The van der Waals surface area contributed by atoms with Crippen LogP contribution in [0.1, 0.15) is 50.2 Å². The van der Waals surface area contributed by atoms with Gasteiger partial charge in [-0.1, -0.05) is 49.9 Å². The maximum Gasteiger partial charge on any atom is 0.0441 e.